The molecule has 0 fully saturated rings. The Labute approximate surface area is 169 Å². The van der Waals surface area contributed by atoms with Crippen LogP contribution in [0.15, 0.2) is 27.6 Å². The molecule has 2 aromatic heterocycles. The van der Waals surface area contributed by atoms with Gasteiger partial charge in [-0.05, 0) is 31.5 Å². The Morgan fingerprint density at radius 2 is 1.96 bits per heavy atom. The van der Waals surface area contributed by atoms with Gasteiger partial charge in [-0.25, -0.2) is 4.79 Å². The Bertz CT molecular complexity index is 725. The number of nitrogens with one attached hydrogen (secondary N) is 2. The van der Waals surface area contributed by atoms with Crippen LogP contribution in [-0.2, 0) is 24.2 Å². The maximum Gasteiger partial charge on any atom is 0.341 e. The second-order valence-electron chi connectivity index (χ2n) is 5.18. The van der Waals surface area contributed by atoms with Crippen molar-refractivity contribution in [1.82, 2.24) is 10.6 Å². The topological polar surface area (TPSA) is 75.9 Å². The number of ether oxygens (including phenoxy) is 1. The molecule has 0 unspecified atom stereocenters. The molecule has 0 aliphatic carbocycles. The van der Waals surface area contributed by atoms with Crippen molar-refractivity contribution in [2.75, 3.05) is 14.2 Å². The largest absolute Gasteiger partial charge is 0.465 e. The zero-order valence-corrected chi connectivity index (χ0v) is 18.0. The molecule has 2 heterocycles. The van der Waals surface area contributed by atoms with Gasteiger partial charge < -0.3 is 19.8 Å². The van der Waals surface area contributed by atoms with Crippen LogP contribution in [0.5, 0.6) is 0 Å². The zero-order chi connectivity index (χ0) is 17.5. The van der Waals surface area contributed by atoms with Crippen molar-refractivity contribution in [2.45, 2.75) is 33.4 Å². The molecule has 2 N–H and O–H groups in total. The first kappa shape index (κ1) is 21.5. The van der Waals surface area contributed by atoms with Crippen LogP contribution in [0.2, 0.25) is 0 Å². The average molecular weight is 477 g/mol. The summed E-state index contributed by atoms with van der Waals surface area (Å²) in [6.45, 7) is 5.04. The minimum absolute atomic E-state index is 0. The lowest BCUT2D eigenvalue weighted by molar-refractivity contribution is 0.0599. The molecule has 138 valence electrons. The van der Waals surface area contributed by atoms with Crippen molar-refractivity contribution >= 4 is 47.2 Å². The molecule has 0 saturated carbocycles. The molecule has 0 saturated heterocycles. The lowest BCUT2D eigenvalue weighted by atomic mass is 10.2. The van der Waals surface area contributed by atoms with E-state index in [1.165, 1.54) is 16.9 Å². The summed E-state index contributed by atoms with van der Waals surface area (Å²) in [5.74, 6) is 1.48. The van der Waals surface area contributed by atoms with Gasteiger partial charge in [-0.15, -0.1) is 35.3 Å². The van der Waals surface area contributed by atoms with E-state index < -0.39 is 5.97 Å². The number of hydrogen-bond acceptors (Lipinski definition) is 5. The number of halogens is 1. The second-order valence-corrected chi connectivity index (χ2v) is 6.43. The highest BCUT2D eigenvalue weighted by atomic mass is 127. The van der Waals surface area contributed by atoms with Gasteiger partial charge in [0.25, 0.3) is 0 Å². The molecular weight excluding hydrogens is 453 g/mol. The molecule has 0 amide bonds. The van der Waals surface area contributed by atoms with Gasteiger partial charge >= 0.3 is 5.97 Å². The molecule has 8 heteroatoms. The Balaban J connectivity index is 0.00000312. The number of furan rings is 1. The predicted molar refractivity (Wildman–Crippen MR) is 111 cm³/mol. The van der Waals surface area contributed by atoms with Gasteiger partial charge in [0.15, 0.2) is 5.96 Å². The predicted octanol–water partition coefficient (Wildman–Crippen LogP) is 3.48. The van der Waals surface area contributed by atoms with Crippen molar-refractivity contribution < 1.29 is 13.9 Å². The SMILES string of the molecule is CCc1ccc(CNC(=NC)NCc2cc(C(=O)OC)c(C)o2)s1.I. The van der Waals surface area contributed by atoms with E-state index in [0.29, 0.717) is 29.6 Å². The lowest BCUT2D eigenvalue weighted by Gasteiger charge is -2.09. The second kappa shape index (κ2) is 10.4. The van der Waals surface area contributed by atoms with Crippen molar-refractivity contribution in [3.63, 3.8) is 0 Å². The van der Waals surface area contributed by atoms with Gasteiger partial charge in [-0.2, -0.15) is 0 Å². The van der Waals surface area contributed by atoms with E-state index in [-0.39, 0.29) is 24.0 Å². The van der Waals surface area contributed by atoms with Crippen molar-refractivity contribution in [1.29, 1.82) is 0 Å². The van der Waals surface area contributed by atoms with Crippen LogP contribution in [0.3, 0.4) is 0 Å². The molecular formula is C17H24IN3O3S. The van der Waals surface area contributed by atoms with E-state index in [1.807, 2.05) is 0 Å². The van der Waals surface area contributed by atoms with Crippen LogP contribution in [0.25, 0.3) is 0 Å². The summed E-state index contributed by atoms with van der Waals surface area (Å²) in [4.78, 5) is 18.4. The smallest absolute Gasteiger partial charge is 0.341 e. The van der Waals surface area contributed by atoms with Crippen molar-refractivity contribution in [2.24, 2.45) is 4.99 Å². The molecule has 25 heavy (non-hydrogen) atoms. The number of nitrogens with zero attached hydrogens (tertiary/aromatic N) is 1. The maximum absolute atomic E-state index is 11.6. The van der Waals surface area contributed by atoms with Gasteiger partial charge in [0.05, 0.1) is 20.2 Å². The summed E-state index contributed by atoms with van der Waals surface area (Å²) < 4.78 is 10.3. The number of carbonyl (C=O) groups is 1. The molecule has 2 aromatic rings. The summed E-state index contributed by atoms with van der Waals surface area (Å²) >= 11 is 1.80. The lowest BCUT2D eigenvalue weighted by Crippen LogP contribution is -2.36. The Kier molecular flexibility index (Phi) is 8.98. The fourth-order valence-corrected chi connectivity index (χ4v) is 3.11. The van der Waals surface area contributed by atoms with E-state index in [1.54, 1.807) is 31.4 Å². The number of thiophene rings is 1. The summed E-state index contributed by atoms with van der Waals surface area (Å²) in [6, 6.07) is 5.97. The number of hydrogen-bond donors (Lipinski definition) is 2. The molecule has 6 nitrogen and oxygen atoms in total. The van der Waals surface area contributed by atoms with Crippen LogP contribution < -0.4 is 10.6 Å². The molecule has 0 spiro atoms. The minimum atomic E-state index is -0.394. The Morgan fingerprint density at radius 1 is 1.28 bits per heavy atom. The fraction of sp³-hybridized carbons (Fsp3) is 0.412. The van der Waals surface area contributed by atoms with Crippen LogP contribution >= 0.6 is 35.3 Å². The van der Waals surface area contributed by atoms with Gasteiger partial charge in [0.2, 0.25) is 0 Å². The molecule has 0 aromatic carbocycles. The standard InChI is InChI=1S/C17H23N3O3S.HI/c1-5-13-6-7-14(24-13)10-20-17(18-3)19-9-12-8-15(11(2)23-12)16(21)22-4;/h6-8H,5,9-10H2,1-4H3,(H2,18,19,20);1H. The number of carbonyl (C=O) groups excluding carboxylic acids is 1. The Hall–Kier alpha value is -1.55. The fourth-order valence-electron chi connectivity index (χ4n) is 2.21. The van der Waals surface area contributed by atoms with Crippen molar-refractivity contribution in [3.8, 4) is 0 Å². The van der Waals surface area contributed by atoms with Gasteiger partial charge in [0, 0.05) is 16.8 Å². The van der Waals surface area contributed by atoms with E-state index in [2.05, 4.69) is 34.7 Å². The molecule has 0 aliphatic heterocycles. The van der Waals surface area contributed by atoms with Crippen molar-refractivity contribution in [3.05, 3.63) is 45.0 Å². The number of guanidine groups is 1. The first-order valence-electron chi connectivity index (χ1n) is 7.77. The van der Waals surface area contributed by atoms with E-state index in [0.717, 1.165) is 13.0 Å². The number of aliphatic imine (C=N–C) groups is 1. The van der Waals surface area contributed by atoms with Gasteiger partial charge in [-0.1, -0.05) is 6.92 Å². The van der Waals surface area contributed by atoms with Crippen LogP contribution in [0.1, 0.15) is 38.6 Å². The summed E-state index contributed by atoms with van der Waals surface area (Å²) in [7, 11) is 3.07. The Morgan fingerprint density at radius 3 is 2.56 bits per heavy atom. The van der Waals surface area contributed by atoms with E-state index in [9.17, 15) is 4.79 Å². The molecule has 2 rings (SSSR count). The third kappa shape index (κ3) is 6.03. The van der Waals surface area contributed by atoms with Gasteiger partial charge in [-0.3, -0.25) is 4.99 Å². The maximum atomic E-state index is 11.6. The highest BCUT2D eigenvalue weighted by Gasteiger charge is 2.15. The first-order valence-corrected chi connectivity index (χ1v) is 8.58. The highest BCUT2D eigenvalue weighted by Crippen LogP contribution is 2.17. The van der Waals surface area contributed by atoms with Crippen LogP contribution in [0, 0.1) is 6.92 Å². The van der Waals surface area contributed by atoms with Crippen LogP contribution in [-0.4, -0.2) is 26.1 Å². The minimum Gasteiger partial charge on any atom is -0.465 e. The van der Waals surface area contributed by atoms with Gasteiger partial charge in [0.1, 0.15) is 17.1 Å². The first-order chi connectivity index (χ1) is 11.6. The number of methoxy groups -OCH3 is 1. The number of rotatable bonds is 6. The quantitative estimate of drug-likeness (QED) is 0.289. The molecule has 0 bridgehead atoms. The summed E-state index contributed by atoms with van der Waals surface area (Å²) in [6.07, 6.45) is 1.05. The van der Waals surface area contributed by atoms with E-state index in [4.69, 9.17) is 9.15 Å². The molecule has 0 aliphatic rings. The normalized spacial score (nSPS) is 11.0. The monoisotopic (exact) mass is 477 g/mol. The highest BCUT2D eigenvalue weighted by molar-refractivity contribution is 14.0. The third-order valence-electron chi connectivity index (χ3n) is 3.52. The zero-order valence-electron chi connectivity index (χ0n) is 14.8. The van der Waals surface area contributed by atoms with Crippen LogP contribution in [0.4, 0.5) is 0 Å². The third-order valence-corrected chi connectivity index (χ3v) is 4.75. The molecule has 0 atom stereocenters. The summed E-state index contributed by atoms with van der Waals surface area (Å²) in [5, 5.41) is 6.44. The summed E-state index contributed by atoms with van der Waals surface area (Å²) in [5.41, 5.74) is 0.447. The van der Waals surface area contributed by atoms with E-state index >= 15 is 0 Å². The average Bonchev–Trinajstić information content (AvgIpc) is 3.20. The number of aryl methyl sites for hydroxylation is 2. The molecule has 0 radical (unpaired) electrons. The number of esters is 1.